The van der Waals surface area contributed by atoms with Gasteiger partial charge in [0.1, 0.15) is 0 Å². The summed E-state index contributed by atoms with van der Waals surface area (Å²) in [6, 6.07) is -0.452. The normalized spacial score (nSPS) is 12.5. The number of nitrogens with one attached hydrogen (secondary N) is 1. The quantitative estimate of drug-likeness (QED) is 0.799. The molecule has 0 bridgehead atoms. The minimum atomic E-state index is -0.452. The summed E-state index contributed by atoms with van der Waals surface area (Å²) in [6.07, 6.45) is 4.46. The number of carbonyl (C=O) groups is 1. The minimum absolute atomic E-state index is 0.148. The van der Waals surface area contributed by atoms with Gasteiger partial charge in [-0.15, -0.1) is 0 Å². The second kappa shape index (κ2) is 5.91. The molecule has 0 aliphatic heterocycles. The van der Waals surface area contributed by atoms with Crippen LogP contribution in [-0.4, -0.2) is 33.7 Å². The van der Waals surface area contributed by atoms with Crippen LogP contribution in [0.15, 0.2) is 6.20 Å². The van der Waals surface area contributed by atoms with Gasteiger partial charge in [0.2, 0.25) is 5.91 Å². The van der Waals surface area contributed by atoms with Gasteiger partial charge in [0.15, 0.2) is 0 Å². The van der Waals surface area contributed by atoms with Crippen LogP contribution in [0.4, 0.5) is 5.69 Å². The molecule has 16 heavy (non-hydrogen) atoms. The lowest BCUT2D eigenvalue weighted by Gasteiger charge is -2.10. The molecule has 0 fully saturated rings. The first kappa shape index (κ1) is 13.1. The van der Waals surface area contributed by atoms with Crippen molar-refractivity contribution in [3.63, 3.8) is 0 Å². The van der Waals surface area contributed by atoms with Gasteiger partial charge in [0, 0.05) is 13.2 Å². The molecule has 5 nitrogen and oxygen atoms in total. The van der Waals surface area contributed by atoms with Gasteiger partial charge in [0.25, 0.3) is 0 Å². The Bertz CT molecular complexity index is 364. The summed E-state index contributed by atoms with van der Waals surface area (Å²) in [7, 11) is 1.82. The van der Waals surface area contributed by atoms with Gasteiger partial charge >= 0.3 is 0 Å². The van der Waals surface area contributed by atoms with Crippen molar-refractivity contribution in [2.24, 2.45) is 12.8 Å². The standard InChI is InChI=1S/C10H18N4OS/c1-7-9(6-14(2)13-7)12-10(15)8(11)4-5-16-3/h6,8H,4-5,11H2,1-3H3,(H,12,15)/t8-/m0/s1. The molecule has 0 radical (unpaired) electrons. The van der Waals surface area contributed by atoms with E-state index >= 15 is 0 Å². The Morgan fingerprint density at radius 2 is 2.44 bits per heavy atom. The average molecular weight is 242 g/mol. The van der Waals surface area contributed by atoms with Gasteiger partial charge in [-0.25, -0.2) is 0 Å². The molecule has 1 amide bonds. The fraction of sp³-hybridized carbons (Fsp3) is 0.600. The predicted octanol–water partition coefficient (Wildman–Crippen LogP) is 0.747. The lowest BCUT2D eigenvalue weighted by Crippen LogP contribution is -2.36. The highest BCUT2D eigenvalue weighted by Crippen LogP contribution is 2.12. The number of carbonyl (C=O) groups excluding carboxylic acids is 1. The first-order chi connectivity index (χ1) is 7.54. The van der Waals surface area contributed by atoms with Crippen LogP contribution in [0.3, 0.4) is 0 Å². The van der Waals surface area contributed by atoms with Crippen LogP contribution in [0.1, 0.15) is 12.1 Å². The van der Waals surface area contributed by atoms with E-state index in [4.69, 9.17) is 5.73 Å². The van der Waals surface area contributed by atoms with Gasteiger partial charge in [-0.3, -0.25) is 9.48 Å². The van der Waals surface area contributed by atoms with Crippen LogP contribution >= 0.6 is 11.8 Å². The summed E-state index contributed by atoms with van der Waals surface area (Å²) in [4.78, 5) is 11.7. The number of aryl methyl sites for hydroxylation is 2. The zero-order chi connectivity index (χ0) is 12.1. The number of hydrogen-bond acceptors (Lipinski definition) is 4. The Labute approximate surface area is 99.8 Å². The van der Waals surface area contributed by atoms with Crippen molar-refractivity contribution in [2.45, 2.75) is 19.4 Å². The highest BCUT2D eigenvalue weighted by molar-refractivity contribution is 7.98. The lowest BCUT2D eigenvalue weighted by atomic mass is 10.2. The number of nitrogens with two attached hydrogens (primary N) is 1. The van der Waals surface area contributed by atoms with Crippen molar-refractivity contribution >= 4 is 23.4 Å². The number of amides is 1. The van der Waals surface area contributed by atoms with Crippen LogP contribution in [-0.2, 0) is 11.8 Å². The summed E-state index contributed by atoms with van der Waals surface area (Å²) in [5.74, 6) is 0.741. The van der Waals surface area contributed by atoms with Crippen LogP contribution in [0.2, 0.25) is 0 Å². The third kappa shape index (κ3) is 3.53. The third-order valence-electron chi connectivity index (χ3n) is 2.24. The third-order valence-corrected chi connectivity index (χ3v) is 2.89. The molecule has 0 aromatic carbocycles. The number of anilines is 1. The van der Waals surface area contributed by atoms with Gasteiger partial charge < -0.3 is 11.1 Å². The van der Waals surface area contributed by atoms with Gasteiger partial charge in [-0.05, 0) is 25.4 Å². The maximum atomic E-state index is 11.7. The molecule has 6 heteroatoms. The van der Waals surface area contributed by atoms with Crippen LogP contribution < -0.4 is 11.1 Å². The molecule has 0 aliphatic carbocycles. The highest BCUT2D eigenvalue weighted by atomic mass is 32.2. The zero-order valence-electron chi connectivity index (χ0n) is 9.86. The molecule has 90 valence electrons. The Morgan fingerprint density at radius 3 is 2.94 bits per heavy atom. The van der Waals surface area contributed by atoms with Crippen molar-refractivity contribution in [3.05, 3.63) is 11.9 Å². The topological polar surface area (TPSA) is 72.9 Å². The van der Waals surface area contributed by atoms with E-state index in [0.29, 0.717) is 6.42 Å². The van der Waals surface area contributed by atoms with Gasteiger partial charge in [-0.2, -0.15) is 16.9 Å². The molecule has 0 saturated heterocycles. The van der Waals surface area contributed by atoms with E-state index in [1.165, 1.54) is 0 Å². The maximum absolute atomic E-state index is 11.7. The Hall–Kier alpha value is -1.01. The van der Waals surface area contributed by atoms with E-state index in [2.05, 4.69) is 10.4 Å². The molecule has 1 heterocycles. The number of aromatic nitrogens is 2. The smallest absolute Gasteiger partial charge is 0.241 e. The van der Waals surface area contributed by atoms with E-state index in [0.717, 1.165) is 17.1 Å². The number of nitrogens with zero attached hydrogens (tertiary/aromatic N) is 2. The van der Waals surface area contributed by atoms with Gasteiger partial charge in [-0.1, -0.05) is 0 Å². The molecule has 1 rings (SSSR count). The van der Waals surface area contributed by atoms with Crippen LogP contribution in [0.5, 0.6) is 0 Å². The lowest BCUT2D eigenvalue weighted by molar-refractivity contribution is -0.117. The maximum Gasteiger partial charge on any atom is 0.241 e. The van der Waals surface area contributed by atoms with Crippen molar-refractivity contribution in [2.75, 3.05) is 17.3 Å². The zero-order valence-corrected chi connectivity index (χ0v) is 10.7. The molecule has 3 N–H and O–H groups in total. The van der Waals surface area contributed by atoms with E-state index in [1.807, 2.05) is 20.2 Å². The molecule has 1 aromatic rings. The van der Waals surface area contributed by atoms with Crippen molar-refractivity contribution < 1.29 is 4.79 Å². The second-order valence-electron chi connectivity index (χ2n) is 3.68. The molecule has 1 aromatic heterocycles. The van der Waals surface area contributed by atoms with Crippen molar-refractivity contribution in [1.29, 1.82) is 0 Å². The molecular weight excluding hydrogens is 224 g/mol. The highest BCUT2D eigenvalue weighted by Gasteiger charge is 2.14. The Morgan fingerprint density at radius 1 is 1.75 bits per heavy atom. The SMILES string of the molecule is CSCC[C@H](N)C(=O)Nc1cn(C)nc1C. The molecule has 0 aliphatic rings. The predicted molar refractivity (Wildman–Crippen MR) is 67.5 cm³/mol. The summed E-state index contributed by atoms with van der Waals surface area (Å²) < 4.78 is 1.67. The van der Waals surface area contributed by atoms with Crippen LogP contribution in [0, 0.1) is 6.92 Å². The summed E-state index contributed by atoms with van der Waals surface area (Å²) in [6.45, 7) is 1.85. The largest absolute Gasteiger partial charge is 0.322 e. The number of hydrogen-bond donors (Lipinski definition) is 2. The average Bonchev–Trinajstić information content (AvgIpc) is 2.53. The fourth-order valence-corrected chi connectivity index (χ4v) is 1.81. The molecular formula is C10H18N4OS. The van der Waals surface area contributed by atoms with E-state index in [9.17, 15) is 4.79 Å². The summed E-state index contributed by atoms with van der Waals surface area (Å²) in [5, 5.41) is 6.93. The first-order valence-corrected chi connectivity index (χ1v) is 6.49. The number of thioether (sulfide) groups is 1. The second-order valence-corrected chi connectivity index (χ2v) is 4.66. The monoisotopic (exact) mass is 242 g/mol. The van der Waals surface area contributed by atoms with E-state index in [1.54, 1.807) is 22.6 Å². The molecule has 1 atom stereocenters. The minimum Gasteiger partial charge on any atom is -0.322 e. The Balaban J connectivity index is 2.53. The number of rotatable bonds is 5. The van der Waals surface area contributed by atoms with E-state index in [-0.39, 0.29) is 5.91 Å². The van der Waals surface area contributed by atoms with Crippen LogP contribution in [0.25, 0.3) is 0 Å². The van der Waals surface area contributed by atoms with Crippen molar-refractivity contribution in [1.82, 2.24) is 9.78 Å². The Kier molecular flexibility index (Phi) is 4.82. The summed E-state index contributed by atoms with van der Waals surface area (Å²) in [5.41, 5.74) is 7.28. The van der Waals surface area contributed by atoms with E-state index < -0.39 is 6.04 Å². The molecule has 0 saturated carbocycles. The fourth-order valence-electron chi connectivity index (χ4n) is 1.32. The molecule has 0 unspecified atom stereocenters. The van der Waals surface area contributed by atoms with Crippen molar-refractivity contribution in [3.8, 4) is 0 Å². The molecule has 0 spiro atoms. The summed E-state index contributed by atoms with van der Waals surface area (Å²) >= 11 is 1.68. The van der Waals surface area contributed by atoms with Gasteiger partial charge in [0.05, 0.1) is 17.4 Å². The first-order valence-electron chi connectivity index (χ1n) is 5.10.